The summed E-state index contributed by atoms with van der Waals surface area (Å²) in [6.07, 6.45) is 0. The van der Waals surface area contributed by atoms with Crippen molar-refractivity contribution in [1.82, 2.24) is 5.32 Å². The van der Waals surface area contributed by atoms with Crippen LogP contribution >= 0.6 is 0 Å². The van der Waals surface area contributed by atoms with Crippen LogP contribution in [0.3, 0.4) is 0 Å². The van der Waals surface area contributed by atoms with E-state index in [2.05, 4.69) is 16.0 Å². The van der Waals surface area contributed by atoms with Gasteiger partial charge in [0.1, 0.15) is 0 Å². The molecule has 2 rings (SSSR count). The average Bonchev–Trinajstić information content (AvgIpc) is 2.19. The number of nitrogens with zero attached hydrogens (tertiary/aromatic N) is 1. The topological polar surface area (TPSA) is 89.4 Å². The first-order valence-corrected chi connectivity index (χ1v) is 4.55. The van der Waals surface area contributed by atoms with Gasteiger partial charge in [-0.25, -0.2) is 5.32 Å². The summed E-state index contributed by atoms with van der Waals surface area (Å²) in [6, 6.07) is 4.72. The molecule has 0 aliphatic carbocycles. The normalized spacial score (nSPS) is 13.6. The van der Waals surface area contributed by atoms with Gasteiger partial charge in [0.2, 0.25) is 5.91 Å². The molecule has 6 nitrogen and oxygen atoms in total. The lowest BCUT2D eigenvalue weighted by Gasteiger charge is -2.15. The van der Waals surface area contributed by atoms with Gasteiger partial charge in [-0.2, -0.15) is 0 Å². The summed E-state index contributed by atoms with van der Waals surface area (Å²) < 4.78 is 0. The highest BCUT2D eigenvalue weighted by Crippen LogP contribution is 2.28. The molecule has 3 amide bonds. The van der Waals surface area contributed by atoms with E-state index < -0.39 is 11.8 Å². The van der Waals surface area contributed by atoms with E-state index in [-0.39, 0.29) is 5.91 Å². The van der Waals surface area contributed by atoms with Crippen LogP contribution in [-0.4, -0.2) is 17.7 Å². The number of hydrogen-bond acceptors (Lipinski definition) is 3. The van der Waals surface area contributed by atoms with Crippen molar-refractivity contribution in [3.8, 4) is 0 Å². The van der Waals surface area contributed by atoms with Crippen molar-refractivity contribution in [2.75, 3.05) is 10.6 Å². The molecule has 1 radical (unpaired) electrons. The van der Waals surface area contributed by atoms with Crippen LogP contribution in [0, 0.1) is 0 Å². The van der Waals surface area contributed by atoms with Crippen molar-refractivity contribution < 1.29 is 14.4 Å². The third kappa shape index (κ3) is 1.85. The number of benzene rings is 1. The Morgan fingerprint density at radius 3 is 2.81 bits per heavy atom. The predicted molar refractivity (Wildman–Crippen MR) is 56.2 cm³/mol. The van der Waals surface area contributed by atoms with Gasteiger partial charge in [-0.3, -0.25) is 14.4 Å². The molecule has 0 bridgehead atoms. The molecule has 0 fully saturated rings. The number of nitrogens with one attached hydrogen (secondary N) is 2. The minimum atomic E-state index is -0.840. The van der Waals surface area contributed by atoms with Crippen LogP contribution in [-0.2, 0) is 14.4 Å². The van der Waals surface area contributed by atoms with Gasteiger partial charge in [-0.15, -0.1) is 0 Å². The van der Waals surface area contributed by atoms with Crippen LogP contribution in [0.2, 0.25) is 0 Å². The highest BCUT2D eigenvalue weighted by atomic mass is 16.2. The number of rotatable bonds is 1. The zero-order valence-electron chi connectivity index (χ0n) is 8.40. The first kappa shape index (κ1) is 10.2. The summed E-state index contributed by atoms with van der Waals surface area (Å²) in [7, 11) is 0. The van der Waals surface area contributed by atoms with Gasteiger partial charge in [-0.1, -0.05) is 0 Å². The van der Waals surface area contributed by atoms with Gasteiger partial charge >= 0.3 is 11.8 Å². The molecule has 0 saturated carbocycles. The van der Waals surface area contributed by atoms with E-state index in [1.165, 1.54) is 13.0 Å². The quantitative estimate of drug-likeness (QED) is 0.667. The number of anilines is 2. The number of amides is 3. The van der Waals surface area contributed by atoms with E-state index in [0.29, 0.717) is 17.1 Å². The number of fused-ring (bicyclic) bond motifs is 1. The molecule has 1 heterocycles. The van der Waals surface area contributed by atoms with Crippen LogP contribution in [0.5, 0.6) is 0 Å². The molecule has 0 unspecified atom stereocenters. The highest BCUT2D eigenvalue weighted by Gasteiger charge is 2.24. The zero-order valence-corrected chi connectivity index (χ0v) is 8.40. The largest absolute Gasteiger partial charge is 0.335 e. The Kier molecular flexibility index (Phi) is 2.32. The maximum absolute atomic E-state index is 11.0. The van der Waals surface area contributed by atoms with Crippen molar-refractivity contribution >= 4 is 34.8 Å². The van der Waals surface area contributed by atoms with Crippen LogP contribution in [0.4, 0.5) is 17.1 Å². The molecule has 1 aliphatic rings. The molecule has 1 aromatic carbocycles. The monoisotopic (exact) mass is 218 g/mol. The average molecular weight is 218 g/mol. The van der Waals surface area contributed by atoms with E-state index in [9.17, 15) is 14.4 Å². The fraction of sp³-hybridized carbons (Fsp3) is 0.100. The molecule has 0 aromatic heterocycles. The zero-order chi connectivity index (χ0) is 11.7. The molecule has 0 spiro atoms. The Bertz CT molecular complexity index is 496. The molecule has 1 aliphatic heterocycles. The van der Waals surface area contributed by atoms with Gasteiger partial charge in [0.25, 0.3) is 0 Å². The second kappa shape index (κ2) is 3.65. The van der Waals surface area contributed by atoms with Gasteiger partial charge < -0.3 is 10.6 Å². The number of hydrogen-bond donors (Lipinski definition) is 2. The lowest BCUT2D eigenvalue weighted by Crippen LogP contribution is -2.33. The molecule has 1 aromatic rings. The van der Waals surface area contributed by atoms with Gasteiger partial charge in [0, 0.05) is 12.6 Å². The Balaban J connectivity index is 2.32. The molecular weight excluding hydrogens is 210 g/mol. The first-order valence-electron chi connectivity index (χ1n) is 4.55. The summed E-state index contributed by atoms with van der Waals surface area (Å²) in [5.41, 5.74) is 1.33. The number of carbonyl (C=O) groups excluding carboxylic acids is 3. The fourth-order valence-electron chi connectivity index (χ4n) is 1.35. The summed E-state index contributed by atoms with van der Waals surface area (Å²) in [6.45, 7) is 1.38. The van der Waals surface area contributed by atoms with Crippen molar-refractivity contribution in [2.24, 2.45) is 0 Å². The molecule has 0 atom stereocenters. The van der Waals surface area contributed by atoms with Crippen molar-refractivity contribution in [1.29, 1.82) is 0 Å². The smallest absolute Gasteiger partial charge is 0.326 e. The maximum Gasteiger partial charge on any atom is 0.335 e. The highest BCUT2D eigenvalue weighted by molar-refractivity contribution is 6.42. The van der Waals surface area contributed by atoms with E-state index in [1.54, 1.807) is 12.1 Å². The molecule has 81 valence electrons. The van der Waals surface area contributed by atoms with Crippen molar-refractivity contribution in [3.05, 3.63) is 18.2 Å². The number of carbonyl (C=O) groups is 3. The molecule has 0 saturated heterocycles. The Labute approximate surface area is 91.0 Å². The summed E-state index contributed by atoms with van der Waals surface area (Å²) >= 11 is 0. The Morgan fingerprint density at radius 2 is 2.12 bits per heavy atom. The van der Waals surface area contributed by atoms with Gasteiger partial charge in [0.05, 0.1) is 11.4 Å². The second-order valence-corrected chi connectivity index (χ2v) is 3.28. The lowest BCUT2D eigenvalue weighted by atomic mass is 10.2. The summed E-state index contributed by atoms with van der Waals surface area (Å²) in [4.78, 5) is 32.8. The third-order valence-electron chi connectivity index (χ3n) is 1.98. The standard InChI is InChI=1S/C10H8N3O3/c1-5(14)11-6-2-3-7-8(4-6)13-10(16)9(15)12-7/h2-4H,1H3,(H,11,14)(H,12,15). The van der Waals surface area contributed by atoms with Crippen LogP contribution in [0.25, 0.3) is 0 Å². The van der Waals surface area contributed by atoms with Gasteiger partial charge in [0.15, 0.2) is 0 Å². The molecule has 16 heavy (non-hydrogen) atoms. The maximum atomic E-state index is 11.0. The van der Waals surface area contributed by atoms with Crippen molar-refractivity contribution in [2.45, 2.75) is 6.92 Å². The molecular formula is C10H8N3O3. The first-order chi connectivity index (χ1) is 7.56. The van der Waals surface area contributed by atoms with E-state index in [4.69, 9.17) is 0 Å². The fourth-order valence-corrected chi connectivity index (χ4v) is 1.35. The van der Waals surface area contributed by atoms with Crippen LogP contribution in [0.15, 0.2) is 18.2 Å². The van der Waals surface area contributed by atoms with E-state index >= 15 is 0 Å². The Hall–Kier alpha value is -2.37. The van der Waals surface area contributed by atoms with E-state index in [1.807, 2.05) is 0 Å². The van der Waals surface area contributed by atoms with Crippen molar-refractivity contribution in [3.63, 3.8) is 0 Å². The van der Waals surface area contributed by atoms with Crippen LogP contribution in [0.1, 0.15) is 6.92 Å². The molecule has 6 heteroatoms. The third-order valence-corrected chi connectivity index (χ3v) is 1.98. The molecule has 2 N–H and O–H groups in total. The lowest BCUT2D eigenvalue weighted by molar-refractivity contribution is -0.135. The minimum absolute atomic E-state index is 0.217. The van der Waals surface area contributed by atoms with Crippen LogP contribution < -0.4 is 16.0 Å². The predicted octanol–water partition coefficient (Wildman–Crippen LogP) is 0.360. The summed E-state index contributed by atoms with van der Waals surface area (Å²) in [5.74, 6) is -1.81. The van der Waals surface area contributed by atoms with Gasteiger partial charge in [-0.05, 0) is 18.2 Å². The van der Waals surface area contributed by atoms with E-state index in [0.717, 1.165) is 0 Å². The second-order valence-electron chi connectivity index (χ2n) is 3.28. The minimum Gasteiger partial charge on any atom is -0.326 e. The Morgan fingerprint density at radius 1 is 1.38 bits per heavy atom. The SMILES string of the molecule is CC(=O)Nc1ccc2c(c1)[N]C(=O)C(=O)N2. The summed E-state index contributed by atoms with van der Waals surface area (Å²) in [5, 5.41) is 8.55.